The summed E-state index contributed by atoms with van der Waals surface area (Å²) in [5, 5.41) is 10.4. The molecule has 0 atom stereocenters. The highest BCUT2D eigenvalue weighted by molar-refractivity contribution is 6.00. The third kappa shape index (κ3) is 2.97. The van der Waals surface area contributed by atoms with Crippen molar-refractivity contribution < 1.29 is 28.8 Å². The Morgan fingerprint density at radius 2 is 1.70 bits per heavy atom. The Morgan fingerprint density at radius 3 is 2.37 bits per heavy atom. The molecule has 0 fully saturated rings. The minimum Gasteiger partial charge on any atom is -0.493 e. The number of benzene rings is 2. The summed E-state index contributed by atoms with van der Waals surface area (Å²) in [6, 6.07) is 10.3. The van der Waals surface area contributed by atoms with E-state index < -0.39 is 5.97 Å². The number of methoxy groups -OCH3 is 2. The average molecular weight is 367 g/mol. The Labute approximate surface area is 155 Å². The molecule has 1 N–H and O–H groups in total. The number of rotatable bonds is 4. The van der Waals surface area contributed by atoms with Gasteiger partial charge in [-0.15, -0.1) is 0 Å². The quantitative estimate of drug-likeness (QED) is 0.756. The van der Waals surface area contributed by atoms with Crippen LogP contribution in [0, 0.1) is 0 Å². The molecule has 2 heterocycles. The summed E-state index contributed by atoms with van der Waals surface area (Å²) in [7, 11) is 3.07. The maximum absolute atomic E-state index is 11.9. The van der Waals surface area contributed by atoms with E-state index in [-0.39, 0.29) is 5.56 Å². The molecule has 27 heavy (non-hydrogen) atoms. The van der Waals surface area contributed by atoms with Crippen LogP contribution >= 0.6 is 0 Å². The van der Waals surface area contributed by atoms with Gasteiger partial charge in [0, 0.05) is 17.0 Å². The van der Waals surface area contributed by atoms with Crippen molar-refractivity contribution in [2.75, 3.05) is 27.4 Å². The molecular weight excluding hydrogens is 350 g/mol. The first kappa shape index (κ1) is 17.0. The number of aromatic carboxylic acids is 1. The Balaban J connectivity index is 1.93. The molecule has 0 saturated carbocycles. The smallest absolute Gasteiger partial charge is 0.337 e. The molecule has 0 unspecified atom stereocenters. The van der Waals surface area contributed by atoms with Gasteiger partial charge in [0.05, 0.1) is 31.0 Å². The van der Waals surface area contributed by atoms with Crippen LogP contribution in [0.4, 0.5) is 0 Å². The van der Waals surface area contributed by atoms with Crippen LogP contribution in [0.5, 0.6) is 23.0 Å². The molecule has 1 aliphatic rings. The predicted molar refractivity (Wildman–Crippen MR) is 98.2 cm³/mol. The number of pyridine rings is 1. The minimum atomic E-state index is -1.07. The fourth-order valence-electron chi connectivity index (χ4n) is 3.08. The van der Waals surface area contributed by atoms with Gasteiger partial charge in [-0.3, -0.25) is 0 Å². The number of hydrogen-bond acceptors (Lipinski definition) is 6. The number of carboxylic acids is 1. The zero-order valence-corrected chi connectivity index (χ0v) is 14.8. The lowest BCUT2D eigenvalue weighted by Gasteiger charge is -2.19. The van der Waals surface area contributed by atoms with E-state index in [1.165, 1.54) is 7.11 Å². The van der Waals surface area contributed by atoms with E-state index in [4.69, 9.17) is 18.9 Å². The van der Waals surface area contributed by atoms with E-state index in [2.05, 4.69) is 4.98 Å². The van der Waals surface area contributed by atoms with Crippen LogP contribution in [0.3, 0.4) is 0 Å². The van der Waals surface area contributed by atoms with Gasteiger partial charge in [0.1, 0.15) is 13.2 Å². The highest BCUT2D eigenvalue weighted by atomic mass is 16.6. The molecule has 0 spiro atoms. The van der Waals surface area contributed by atoms with Crippen molar-refractivity contribution in [3.05, 3.63) is 42.0 Å². The first-order chi connectivity index (χ1) is 13.1. The van der Waals surface area contributed by atoms with Gasteiger partial charge in [-0.1, -0.05) is 0 Å². The van der Waals surface area contributed by atoms with Gasteiger partial charge in [-0.25, -0.2) is 9.78 Å². The highest BCUT2D eigenvalue weighted by Crippen LogP contribution is 2.37. The zero-order chi connectivity index (χ0) is 19.0. The summed E-state index contributed by atoms with van der Waals surface area (Å²) in [5.41, 5.74) is 1.66. The van der Waals surface area contributed by atoms with Crippen molar-refractivity contribution in [2.24, 2.45) is 0 Å². The van der Waals surface area contributed by atoms with Gasteiger partial charge in [-0.05, 0) is 30.3 Å². The van der Waals surface area contributed by atoms with Crippen molar-refractivity contribution in [1.29, 1.82) is 0 Å². The van der Waals surface area contributed by atoms with Crippen molar-refractivity contribution in [2.45, 2.75) is 0 Å². The van der Waals surface area contributed by atoms with Crippen LogP contribution in [-0.4, -0.2) is 43.5 Å². The van der Waals surface area contributed by atoms with Crippen LogP contribution in [0.15, 0.2) is 36.4 Å². The number of fused-ring (bicyclic) bond motifs is 2. The highest BCUT2D eigenvalue weighted by Gasteiger charge is 2.19. The van der Waals surface area contributed by atoms with Crippen molar-refractivity contribution in [3.63, 3.8) is 0 Å². The molecule has 0 aliphatic carbocycles. The van der Waals surface area contributed by atoms with Gasteiger partial charge in [0.15, 0.2) is 23.0 Å². The second kappa shape index (κ2) is 6.68. The zero-order valence-electron chi connectivity index (χ0n) is 14.8. The molecule has 138 valence electrons. The van der Waals surface area contributed by atoms with E-state index in [0.29, 0.717) is 58.4 Å². The number of aromatic nitrogens is 1. The van der Waals surface area contributed by atoms with E-state index in [1.807, 2.05) is 0 Å². The number of carboxylic acid groups (broad SMARTS) is 1. The molecule has 2 aromatic carbocycles. The van der Waals surface area contributed by atoms with Gasteiger partial charge >= 0.3 is 5.97 Å². The summed E-state index contributed by atoms with van der Waals surface area (Å²) in [4.78, 5) is 16.4. The van der Waals surface area contributed by atoms with Crippen LogP contribution in [0.2, 0.25) is 0 Å². The van der Waals surface area contributed by atoms with E-state index in [1.54, 1.807) is 43.5 Å². The number of hydrogen-bond donors (Lipinski definition) is 1. The summed E-state index contributed by atoms with van der Waals surface area (Å²) >= 11 is 0. The van der Waals surface area contributed by atoms with Gasteiger partial charge < -0.3 is 24.1 Å². The fraction of sp³-hybridized carbons (Fsp3) is 0.200. The lowest BCUT2D eigenvalue weighted by atomic mass is 10.0. The standard InChI is InChI=1S/C20H17NO6/c1-24-15-4-3-11(8-16(15)25-2)19-13(20(22)23)7-12-9-17-18(10-14(12)21-19)27-6-5-26-17/h3-4,7-10H,5-6H2,1-2H3,(H,22,23). The van der Waals surface area contributed by atoms with Gasteiger partial charge in [-0.2, -0.15) is 0 Å². The largest absolute Gasteiger partial charge is 0.493 e. The number of nitrogens with zero attached hydrogens (tertiary/aromatic N) is 1. The van der Waals surface area contributed by atoms with Crippen LogP contribution in [-0.2, 0) is 0 Å². The van der Waals surface area contributed by atoms with Crippen molar-refractivity contribution in [3.8, 4) is 34.3 Å². The molecule has 7 heteroatoms. The Bertz CT molecular complexity index is 1050. The third-order valence-corrected chi connectivity index (χ3v) is 4.37. The Hall–Kier alpha value is -3.48. The number of ether oxygens (including phenoxy) is 4. The average Bonchev–Trinajstić information content (AvgIpc) is 2.70. The maximum atomic E-state index is 11.9. The summed E-state index contributed by atoms with van der Waals surface area (Å²) in [6.07, 6.45) is 0. The first-order valence-corrected chi connectivity index (χ1v) is 8.31. The molecule has 4 rings (SSSR count). The minimum absolute atomic E-state index is 0.0893. The molecule has 7 nitrogen and oxygen atoms in total. The maximum Gasteiger partial charge on any atom is 0.337 e. The van der Waals surface area contributed by atoms with E-state index >= 15 is 0 Å². The number of carbonyl (C=O) groups is 1. The molecule has 0 radical (unpaired) electrons. The third-order valence-electron chi connectivity index (χ3n) is 4.37. The predicted octanol–water partition coefficient (Wildman–Crippen LogP) is 3.39. The fourth-order valence-corrected chi connectivity index (χ4v) is 3.08. The second-order valence-electron chi connectivity index (χ2n) is 5.95. The molecule has 0 bridgehead atoms. The van der Waals surface area contributed by atoms with Crippen LogP contribution in [0.1, 0.15) is 10.4 Å². The Kier molecular flexibility index (Phi) is 4.19. The molecule has 1 aromatic heterocycles. The summed E-state index contributed by atoms with van der Waals surface area (Å²) in [5.74, 6) is 1.17. The molecule has 1 aliphatic heterocycles. The molecular formula is C20H17NO6. The Morgan fingerprint density at radius 1 is 1.00 bits per heavy atom. The molecule has 0 amide bonds. The monoisotopic (exact) mass is 367 g/mol. The van der Waals surface area contributed by atoms with Crippen molar-refractivity contribution in [1.82, 2.24) is 4.98 Å². The topological polar surface area (TPSA) is 87.1 Å². The lowest BCUT2D eigenvalue weighted by molar-refractivity contribution is 0.0697. The van der Waals surface area contributed by atoms with Gasteiger partial charge in [0.2, 0.25) is 0 Å². The SMILES string of the molecule is COc1ccc(-c2nc3cc4c(cc3cc2C(=O)O)OCCO4)cc1OC. The van der Waals surface area contributed by atoms with Crippen LogP contribution in [0.25, 0.3) is 22.2 Å². The van der Waals surface area contributed by atoms with Crippen LogP contribution < -0.4 is 18.9 Å². The van der Waals surface area contributed by atoms with Gasteiger partial charge in [0.25, 0.3) is 0 Å². The molecule has 3 aromatic rings. The van der Waals surface area contributed by atoms with Crippen molar-refractivity contribution >= 4 is 16.9 Å². The normalized spacial score (nSPS) is 12.7. The summed E-state index contributed by atoms with van der Waals surface area (Å²) < 4.78 is 21.7. The summed E-state index contributed by atoms with van der Waals surface area (Å²) in [6.45, 7) is 0.926. The molecule has 0 saturated heterocycles. The second-order valence-corrected chi connectivity index (χ2v) is 5.95. The first-order valence-electron chi connectivity index (χ1n) is 8.31. The van der Waals surface area contributed by atoms with E-state index in [0.717, 1.165) is 0 Å². The van der Waals surface area contributed by atoms with E-state index in [9.17, 15) is 9.90 Å². The lowest BCUT2D eigenvalue weighted by Crippen LogP contribution is -2.15.